The van der Waals surface area contributed by atoms with Gasteiger partial charge in [-0.3, -0.25) is 9.55 Å². The fourth-order valence-electron chi connectivity index (χ4n) is 5.71. The Hall–Kier alpha value is -5.36. The molecule has 0 fully saturated rings. The molecule has 192 valence electrons. The molecule has 2 aliphatic rings. The Morgan fingerprint density at radius 1 is 0.850 bits per heavy atom. The molecule has 6 nitrogen and oxygen atoms in total. The van der Waals surface area contributed by atoms with Gasteiger partial charge in [0.25, 0.3) is 0 Å². The summed E-state index contributed by atoms with van der Waals surface area (Å²) in [6, 6.07) is 29.3. The van der Waals surface area contributed by atoms with Crippen LogP contribution in [0.5, 0.6) is 0 Å². The van der Waals surface area contributed by atoms with Gasteiger partial charge in [-0.05, 0) is 54.2 Å². The van der Waals surface area contributed by atoms with Crippen molar-refractivity contribution in [3.05, 3.63) is 133 Å². The van der Waals surface area contributed by atoms with E-state index < -0.39 is 0 Å². The summed E-state index contributed by atoms with van der Waals surface area (Å²) in [4.78, 5) is 9.48. The van der Waals surface area contributed by atoms with Crippen LogP contribution in [0.3, 0.4) is 0 Å². The molecule has 3 aromatic heterocycles. The van der Waals surface area contributed by atoms with Crippen molar-refractivity contribution in [2.45, 2.75) is 6.17 Å². The van der Waals surface area contributed by atoms with Gasteiger partial charge in [0.05, 0.1) is 16.4 Å². The van der Waals surface area contributed by atoms with Crippen molar-refractivity contribution in [2.75, 3.05) is 6.54 Å². The molecule has 1 atom stereocenters. The van der Waals surface area contributed by atoms with Gasteiger partial charge in [0.15, 0.2) is 0 Å². The van der Waals surface area contributed by atoms with Gasteiger partial charge in [-0.1, -0.05) is 54.6 Å². The van der Waals surface area contributed by atoms with E-state index in [0.717, 1.165) is 73.3 Å². The maximum absolute atomic E-state index is 6.57. The minimum atomic E-state index is -0.227. The molecule has 0 spiro atoms. The Labute approximate surface area is 230 Å². The topological polar surface area (TPSA) is 67.4 Å². The van der Waals surface area contributed by atoms with Crippen molar-refractivity contribution in [3.63, 3.8) is 0 Å². The highest BCUT2D eigenvalue weighted by Crippen LogP contribution is 2.39. The Morgan fingerprint density at radius 2 is 1.70 bits per heavy atom. The number of dihydropyridines is 1. The summed E-state index contributed by atoms with van der Waals surface area (Å²) in [5, 5.41) is 10.2. The zero-order valence-corrected chi connectivity index (χ0v) is 21.6. The first-order valence-corrected chi connectivity index (χ1v) is 13.4. The number of nitrogens with zero attached hydrogens (tertiary/aromatic N) is 3. The molecule has 0 amide bonds. The second-order valence-electron chi connectivity index (χ2n) is 9.98. The Bertz CT molecular complexity index is 2030. The lowest BCUT2D eigenvalue weighted by Gasteiger charge is -2.27. The quantitative estimate of drug-likeness (QED) is 0.268. The molecule has 6 heteroatoms. The fourth-order valence-corrected chi connectivity index (χ4v) is 5.71. The van der Waals surface area contributed by atoms with E-state index in [1.54, 1.807) is 0 Å². The maximum Gasteiger partial charge on any atom is 0.146 e. The van der Waals surface area contributed by atoms with Crippen LogP contribution in [-0.2, 0) is 0 Å². The molecule has 0 radical (unpaired) electrons. The lowest BCUT2D eigenvalue weighted by Crippen LogP contribution is -2.35. The van der Waals surface area contributed by atoms with Gasteiger partial charge in [0, 0.05) is 52.6 Å². The molecule has 0 aliphatic carbocycles. The van der Waals surface area contributed by atoms with E-state index in [4.69, 9.17) is 9.41 Å². The van der Waals surface area contributed by atoms with E-state index in [1.807, 2.05) is 48.9 Å². The molecule has 0 saturated carbocycles. The number of aromatic nitrogens is 2. The van der Waals surface area contributed by atoms with Gasteiger partial charge in [-0.25, -0.2) is 4.99 Å². The van der Waals surface area contributed by atoms with E-state index in [0.29, 0.717) is 0 Å². The normalized spacial score (nSPS) is 16.9. The monoisotopic (exact) mass is 519 g/mol. The molecule has 8 rings (SSSR count). The van der Waals surface area contributed by atoms with Gasteiger partial charge in [0.1, 0.15) is 23.3 Å². The molecule has 5 heterocycles. The van der Waals surface area contributed by atoms with Crippen molar-refractivity contribution < 1.29 is 4.42 Å². The number of benzene rings is 3. The Morgan fingerprint density at radius 3 is 2.55 bits per heavy atom. The minimum Gasteiger partial charge on any atom is -0.455 e. The number of para-hydroxylation sites is 1. The van der Waals surface area contributed by atoms with Gasteiger partial charge in [-0.15, -0.1) is 0 Å². The number of aliphatic imine (C=N–C) groups is 1. The van der Waals surface area contributed by atoms with Crippen LogP contribution in [0.1, 0.15) is 5.56 Å². The summed E-state index contributed by atoms with van der Waals surface area (Å²) in [7, 11) is 0. The number of hydrogen-bond donors (Lipinski definition) is 2. The van der Waals surface area contributed by atoms with E-state index >= 15 is 0 Å². The number of rotatable bonds is 3. The van der Waals surface area contributed by atoms with Crippen LogP contribution in [0, 0.1) is 0 Å². The standard InChI is InChI=1S/C34H25N5O/c1-2-6-23(7-3-1)30-20-25-10-11-29-32(33(25)40-30)26-8-4-5-9-28(26)39(29)31-21-27(22-12-16-35-17-13-22)37-34(38-31)24-14-18-36-19-15-24/h1-18,20-21,34,36-37H,19H2. The third-order valence-corrected chi connectivity index (χ3v) is 7.59. The molecule has 0 saturated heterocycles. The first-order chi connectivity index (χ1) is 19.8. The predicted octanol–water partition coefficient (Wildman–Crippen LogP) is 6.86. The largest absolute Gasteiger partial charge is 0.455 e. The molecule has 0 bridgehead atoms. The number of pyridine rings is 1. The first kappa shape index (κ1) is 22.6. The number of allylic oxidation sites excluding steroid dienone is 1. The molecule has 1 unspecified atom stereocenters. The first-order valence-electron chi connectivity index (χ1n) is 13.4. The average molecular weight is 520 g/mol. The predicted molar refractivity (Wildman–Crippen MR) is 162 cm³/mol. The summed E-state index contributed by atoms with van der Waals surface area (Å²) in [5.74, 6) is 1.73. The molecule has 2 N–H and O–H groups in total. The zero-order chi connectivity index (χ0) is 26.5. The van der Waals surface area contributed by atoms with Crippen LogP contribution >= 0.6 is 0 Å². The van der Waals surface area contributed by atoms with Crippen LogP contribution in [-0.4, -0.2) is 28.1 Å². The zero-order valence-electron chi connectivity index (χ0n) is 21.6. The average Bonchev–Trinajstić information content (AvgIpc) is 3.62. The van der Waals surface area contributed by atoms with Gasteiger partial charge >= 0.3 is 0 Å². The van der Waals surface area contributed by atoms with Crippen LogP contribution < -0.4 is 10.6 Å². The summed E-state index contributed by atoms with van der Waals surface area (Å²) >= 11 is 0. The fraction of sp³-hybridized carbons (Fsp3) is 0.0588. The van der Waals surface area contributed by atoms with E-state index in [-0.39, 0.29) is 6.17 Å². The minimum absolute atomic E-state index is 0.227. The number of furan rings is 1. The lowest BCUT2D eigenvalue weighted by molar-refractivity contribution is 0.635. The second-order valence-corrected chi connectivity index (χ2v) is 9.98. The van der Waals surface area contributed by atoms with Crippen LogP contribution in [0.25, 0.3) is 49.8 Å². The summed E-state index contributed by atoms with van der Waals surface area (Å²) < 4.78 is 8.83. The van der Waals surface area contributed by atoms with Gasteiger partial charge in [-0.2, -0.15) is 0 Å². The van der Waals surface area contributed by atoms with E-state index in [9.17, 15) is 0 Å². The van der Waals surface area contributed by atoms with Crippen molar-refractivity contribution in [3.8, 4) is 11.3 Å². The summed E-state index contributed by atoms with van der Waals surface area (Å²) in [6.07, 6.45) is 11.8. The lowest BCUT2D eigenvalue weighted by atomic mass is 10.1. The highest BCUT2D eigenvalue weighted by Gasteiger charge is 2.24. The third kappa shape index (κ3) is 3.65. The smallest absolute Gasteiger partial charge is 0.146 e. The number of nitrogens with one attached hydrogen (secondary N) is 2. The third-order valence-electron chi connectivity index (χ3n) is 7.59. The molecule has 3 aromatic carbocycles. The van der Waals surface area contributed by atoms with Crippen molar-refractivity contribution >= 4 is 44.3 Å². The van der Waals surface area contributed by atoms with Crippen molar-refractivity contribution in [1.82, 2.24) is 20.2 Å². The van der Waals surface area contributed by atoms with Crippen LogP contribution in [0.2, 0.25) is 0 Å². The van der Waals surface area contributed by atoms with Gasteiger partial charge in [0.2, 0.25) is 0 Å². The van der Waals surface area contributed by atoms with Crippen molar-refractivity contribution in [2.24, 2.45) is 4.99 Å². The molecule has 2 aliphatic heterocycles. The summed E-state index contributed by atoms with van der Waals surface area (Å²) in [6.45, 7) is 0.777. The molecular formula is C34H25N5O. The maximum atomic E-state index is 6.57. The summed E-state index contributed by atoms with van der Waals surface area (Å²) in [5.41, 5.74) is 7.28. The van der Waals surface area contributed by atoms with E-state index in [2.05, 4.69) is 93.0 Å². The number of fused-ring (bicyclic) bond motifs is 5. The second kappa shape index (κ2) is 9.13. The SMILES string of the molecule is C1=CC(C2N=C(n3c4ccccc4c4c5oc(-c6ccccc6)cc5ccc43)C=C(c3ccncc3)N2)=CCN1. The van der Waals surface area contributed by atoms with Crippen molar-refractivity contribution in [1.29, 1.82) is 0 Å². The highest BCUT2D eigenvalue weighted by molar-refractivity contribution is 6.24. The van der Waals surface area contributed by atoms with E-state index in [1.165, 1.54) is 0 Å². The van der Waals surface area contributed by atoms with Crippen LogP contribution in [0.4, 0.5) is 0 Å². The highest BCUT2D eigenvalue weighted by atomic mass is 16.3. The molecular weight excluding hydrogens is 494 g/mol. The molecule has 40 heavy (non-hydrogen) atoms. The Kier molecular flexibility index (Phi) is 5.16. The van der Waals surface area contributed by atoms with Gasteiger partial charge < -0.3 is 15.1 Å². The van der Waals surface area contributed by atoms with Crippen LogP contribution in [0.15, 0.2) is 137 Å². The Balaban J connectivity index is 1.38. The molecule has 6 aromatic rings. The number of hydrogen-bond acceptors (Lipinski definition) is 5.